The van der Waals surface area contributed by atoms with E-state index in [-0.39, 0.29) is 51.4 Å². The summed E-state index contributed by atoms with van der Waals surface area (Å²) in [7, 11) is 0. The van der Waals surface area contributed by atoms with Gasteiger partial charge in [-0.2, -0.15) is 6.42 Å². The number of hydrogen-bond acceptors (Lipinski definition) is 0. The molecule has 0 bridgehead atoms. The van der Waals surface area contributed by atoms with Gasteiger partial charge in [0.05, 0.1) is 0 Å². The summed E-state index contributed by atoms with van der Waals surface area (Å²) in [6, 6.07) is 0. The summed E-state index contributed by atoms with van der Waals surface area (Å²) < 4.78 is 0. The van der Waals surface area contributed by atoms with Crippen LogP contribution in [0.5, 0.6) is 0 Å². The first-order valence-corrected chi connectivity index (χ1v) is 9.71. The molecule has 0 aliphatic rings. The zero-order valence-electron chi connectivity index (χ0n) is 15.4. The van der Waals surface area contributed by atoms with Gasteiger partial charge in [0.1, 0.15) is 0 Å². The number of unbranched alkanes of at least 4 members (excludes halogenated alkanes) is 17. The molecule has 0 spiro atoms. The van der Waals surface area contributed by atoms with Crippen molar-refractivity contribution in [2.24, 2.45) is 0 Å². The fourth-order valence-corrected chi connectivity index (χ4v) is 2.90. The molecule has 0 rings (SSSR count). The molecule has 0 atom stereocenters. The Hall–Kier alpha value is 1.64. The maximum absolute atomic E-state index is 3.89. The Kier molecular flexibility index (Phi) is 28.3. The molecule has 0 amide bonds. The molecule has 0 saturated carbocycles. The topological polar surface area (TPSA) is 0 Å². The van der Waals surface area contributed by atoms with Crippen molar-refractivity contribution in [2.75, 3.05) is 0 Å². The maximum atomic E-state index is 3.89. The Labute approximate surface area is 179 Å². The second kappa shape index (κ2) is 23.9. The van der Waals surface area contributed by atoms with E-state index in [0.717, 1.165) is 6.42 Å². The van der Waals surface area contributed by atoms with Crippen molar-refractivity contribution in [3.05, 3.63) is 6.92 Å². The normalized spacial score (nSPS) is 10.6. The number of rotatable bonds is 17. The van der Waals surface area contributed by atoms with Crippen LogP contribution in [0.25, 0.3) is 0 Å². The Morgan fingerprint density at radius 2 is 0.667 bits per heavy atom. The van der Waals surface area contributed by atoms with Crippen LogP contribution in [0.15, 0.2) is 0 Å². The molecule has 0 saturated heterocycles. The van der Waals surface area contributed by atoms with Crippen LogP contribution in [0.3, 0.4) is 0 Å². The fraction of sp³-hybridized carbons (Fsp3) is 0.950. The summed E-state index contributed by atoms with van der Waals surface area (Å²) in [5, 5.41) is 0. The van der Waals surface area contributed by atoms with Crippen molar-refractivity contribution in [3.8, 4) is 0 Å². The third-order valence-corrected chi connectivity index (χ3v) is 4.35. The van der Waals surface area contributed by atoms with Crippen LogP contribution in [0.2, 0.25) is 0 Å². The molecule has 0 aromatic heterocycles. The zero-order valence-corrected chi connectivity index (χ0v) is 18.6. The van der Waals surface area contributed by atoms with Gasteiger partial charge in [0.2, 0.25) is 0 Å². The van der Waals surface area contributed by atoms with Gasteiger partial charge in [-0.15, -0.1) is 0 Å². The van der Waals surface area contributed by atoms with Crippen molar-refractivity contribution in [3.63, 3.8) is 0 Å². The van der Waals surface area contributed by atoms with Crippen LogP contribution in [0.1, 0.15) is 122 Å². The molecule has 0 heterocycles. The first-order valence-electron chi connectivity index (χ1n) is 9.71. The van der Waals surface area contributed by atoms with Gasteiger partial charge < -0.3 is 6.92 Å². The Bertz CT molecular complexity index is 138. The third-order valence-electron chi connectivity index (χ3n) is 4.35. The molecule has 0 aliphatic carbocycles. The van der Waals surface area contributed by atoms with Crippen molar-refractivity contribution in [1.29, 1.82) is 0 Å². The van der Waals surface area contributed by atoms with Gasteiger partial charge in [0.15, 0.2) is 0 Å². The van der Waals surface area contributed by atoms with Gasteiger partial charge in [-0.3, -0.25) is 0 Å². The molecule has 0 nitrogen and oxygen atoms in total. The summed E-state index contributed by atoms with van der Waals surface area (Å²) in [5.74, 6) is 0. The average molecular weight is 321 g/mol. The van der Waals surface area contributed by atoms with Crippen LogP contribution in [0, 0.1) is 6.92 Å². The van der Waals surface area contributed by atoms with E-state index in [1.54, 1.807) is 0 Å². The minimum atomic E-state index is 0. The van der Waals surface area contributed by atoms with E-state index in [0.29, 0.717) is 0 Å². The quantitative estimate of drug-likeness (QED) is 0.204. The van der Waals surface area contributed by atoms with Crippen LogP contribution in [-0.4, -0.2) is 0 Å². The van der Waals surface area contributed by atoms with E-state index in [9.17, 15) is 0 Å². The molecule has 0 aromatic carbocycles. The van der Waals surface area contributed by atoms with Crippen LogP contribution < -0.4 is 51.4 Å². The fourth-order valence-electron chi connectivity index (χ4n) is 2.90. The minimum Gasteiger partial charge on any atom is -0.343 e. The molecule has 0 fully saturated rings. The van der Waals surface area contributed by atoms with Crippen LogP contribution >= 0.6 is 0 Å². The molecule has 0 N–H and O–H groups in total. The van der Waals surface area contributed by atoms with Crippen LogP contribution in [0.4, 0.5) is 0 Å². The Morgan fingerprint density at radius 3 is 0.905 bits per heavy atom. The van der Waals surface area contributed by atoms with Gasteiger partial charge in [-0.05, 0) is 0 Å². The van der Waals surface area contributed by atoms with Crippen LogP contribution in [-0.2, 0) is 0 Å². The second-order valence-corrected chi connectivity index (χ2v) is 6.51. The van der Waals surface area contributed by atoms with Crippen molar-refractivity contribution in [2.45, 2.75) is 122 Å². The smallest absolute Gasteiger partial charge is 0.343 e. The molecule has 0 aromatic rings. The summed E-state index contributed by atoms with van der Waals surface area (Å²) in [5.41, 5.74) is 0. The zero-order chi connectivity index (χ0) is 14.7. The molecule has 21 heavy (non-hydrogen) atoms. The molecule has 1 heteroatoms. The summed E-state index contributed by atoms with van der Waals surface area (Å²) in [4.78, 5) is 0. The second-order valence-electron chi connectivity index (χ2n) is 6.51. The first kappa shape index (κ1) is 24.9. The van der Waals surface area contributed by atoms with Crippen molar-refractivity contribution >= 4 is 0 Å². The maximum Gasteiger partial charge on any atom is 1.00 e. The first-order chi connectivity index (χ1) is 9.91. The average Bonchev–Trinajstić information content (AvgIpc) is 2.47. The SMILES string of the molecule is [CH2-]CCCCCCCCCCCCCCCCCCC.[K+]. The Balaban J connectivity index is 0. The summed E-state index contributed by atoms with van der Waals surface area (Å²) >= 11 is 0. The minimum absolute atomic E-state index is 0. The monoisotopic (exact) mass is 320 g/mol. The predicted octanol–water partition coefficient (Wildman–Crippen LogP) is 4.87. The Morgan fingerprint density at radius 1 is 0.429 bits per heavy atom. The molecule has 0 aliphatic heterocycles. The van der Waals surface area contributed by atoms with Gasteiger partial charge >= 0.3 is 51.4 Å². The van der Waals surface area contributed by atoms with Gasteiger partial charge in [0.25, 0.3) is 0 Å². The molecule has 0 unspecified atom stereocenters. The van der Waals surface area contributed by atoms with Gasteiger partial charge in [-0.1, -0.05) is 116 Å². The van der Waals surface area contributed by atoms with E-state index in [2.05, 4.69) is 13.8 Å². The molecule has 0 radical (unpaired) electrons. The van der Waals surface area contributed by atoms with E-state index >= 15 is 0 Å². The van der Waals surface area contributed by atoms with Crippen molar-refractivity contribution < 1.29 is 51.4 Å². The van der Waals surface area contributed by atoms with Crippen molar-refractivity contribution in [1.82, 2.24) is 0 Å². The molecular weight excluding hydrogens is 279 g/mol. The third kappa shape index (κ3) is 24.0. The van der Waals surface area contributed by atoms with E-state index in [1.807, 2.05) is 0 Å². The standard InChI is InChI=1S/C20H41.K/c1-3-5-7-9-11-13-15-17-19-20-18-16-14-12-10-8-6-4-2;/h1,3-20H2,2H3;/q-1;+1. The molecular formula is C20H41K. The van der Waals surface area contributed by atoms with E-state index < -0.39 is 0 Å². The molecule has 122 valence electrons. The largest absolute Gasteiger partial charge is 1.00 e. The van der Waals surface area contributed by atoms with E-state index in [4.69, 9.17) is 0 Å². The van der Waals surface area contributed by atoms with Gasteiger partial charge in [0, 0.05) is 0 Å². The summed E-state index contributed by atoms with van der Waals surface area (Å²) in [6.45, 7) is 6.19. The number of hydrogen-bond donors (Lipinski definition) is 0. The van der Waals surface area contributed by atoms with E-state index in [1.165, 1.54) is 109 Å². The summed E-state index contributed by atoms with van der Waals surface area (Å²) in [6.07, 6.45) is 25.8. The van der Waals surface area contributed by atoms with Gasteiger partial charge in [-0.25, -0.2) is 0 Å². The predicted molar refractivity (Wildman–Crippen MR) is 94.1 cm³/mol.